The number of anilines is 1. The zero-order chi connectivity index (χ0) is 30.4. The summed E-state index contributed by atoms with van der Waals surface area (Å²) in [5.74, 6) is -1.56. The topological polar surface area (TPSA) is 131 Å². The SMILES string of the molecule is Cc1ccc(C(C(=O)Nc2c(C)cccc2C)N(C(=O)C(CCC(N)=O)NC(=O)OC(C)(C)C)C(C)(C)C)cc1. The summed E-state index contributed by atoms with van der Waals surface area (Å²) in [6.07, 6.45) is -1.01. The average Bonchev–Trinajstić information content (AvgIpc) is 2.80. The van der Waals surface area contributed by atoms with E-state index < -0.39 is 47.0 Å². The molecule has 0 fully saturated rings. The molecule has 9 nitrogen and oxygen atoms in total. The van der Waals surface area contributed by atoms with Crippen LogP contribution in [0.5, 0.6) is 0 Å². The number of hydrogen-bond acceptors (Lipinski definition) is 5. The van der Waals surface area contributed by atoms with Crippen LogP contribution in [-0.2, 0) is 19.1 Å². The van der Waals surface area contributed by atoms with E-state index in [1.54, 1.807) is 20.8 Å². The van der Waals surface area contributed by atoms with E-state index in [4.69, 9.17) is 10.5 Å². The summed E-state index contributed by atoms with van der Waals surface area (Å²) in [4.78, 5) is 54.2. The number of amides is 4. The lowest BCUT2D eigenvalue weighted by atomic mass is 9.94. The molecule has 4 amide bonds. The van der Waals surface area contributed by atoms with Crippen LogP contribution in [0, 0.1) is 20.8 Å². The van der Waals surface area contributed by atoms with Gasteiger partial charge in [-0.05, 0) is 85.4 Å². The van der Waals surface area contributed by atoms with E-state index in [9.17, 15) is 19.2 Å². The minimum absolute atomic E-state index is 0.0564. The third-order valence-corrected chi connectivity index (χ3v) is 6.26. The molecule has 218 valence electrons. The van der Waals surface area contributed by atoms with Crippen LogP contribution in [0.3, 0.4) is 0 Å². The number of nitrogens with one attached hydrogen (secondary N) is 2. The molecule has 0 aliphatic carbocycles. The Morgan fingerprint density at radius 3 is 1.93 bits per heavy atom. The van der Waals surface area contributed by atoms with Crippen LogP contribution in [0.2, 0.25) is 0 Å². The maximum atomic E-state index is 14.3. The number of aryl methyl sites for hydroxylation is 3. The van der Waals surface area contributed by atoms with E-state index in [0.717, 1.165) is 16.7 Å². The van der Waals surface area contributed by atoms with E-state index in [2.05, 4.69) is 10.6 Å². The molecule has 4 N–H and O–H groups in total. The molecule has 0 saturated heterocycles. The first kappa shape index (κ1) is 32.3. The van der Waals surface area contributed by atoms with Crippen LogP contribution in [0.15, 0.2) is 42.5 Å². The van der Waals surface area contributed by atoms with Crippen molar-refractivity contribution >= 4 is 29.5 Å². The highest BCUT2D eigenvalue weighted by Gasteiger charge is 2.42. The van der Waals surface area contributed by atoms with Gasteiger partial charge in [-0.3, -0.25) is 14.4 Å². The molecule has 0 aliphatic heterocycles. The largest absolute Gasteiger partial charge is 0.444 e. The Labute approximate surface area is 237 Å². The highest BCUT2D eigenvalue weighted by Crippen LogP contribution is 2.32. The van der Waals surface area contributed by atoms with Crippen molar-refractivity contribution in [2.24, 2.45) is 5.73 Å². The van der Waals surface area contributed by atoms with Gasteiger partial charge in [0, 0.05) is 17.6 Å². The maximum Gasteiger partial charge on any atom is 0.408 e. The smallest absolute Gasteiger partial charge is 0.408 e. The van der Waals surface area contributed by atoms with E-state index in [-0.39, 0.29) is 12.8 Å². The number of carbonyl (C=O) groups excluding carboxylic acids is 4. The summed E-state index contributed by atoms with van der Waals surface area (Å²) >= 11 is 0. The van der Waals surface area contributed by atoms with Gasteiger partial charge in [0.15, 0.2) is 0 Å². The molecule has 0 aromatic heterocycles. The van der Waals surface area contributed by atoms with Crippen molar-refractivity contribution in [1.82, 2.24) is 10.2 Å². The highest BCUT2D eigenvalue weighted by atomic mass is 16.6. The Balaban J connectivity index is 2.62. The van der Waals surface area contributed by atoms with E-state index >= 15 is 0 Å². The van der Waals surface area contributed by atoms with Gasteiger partial charge in [-0.15, -0.1) is 0 Å². The zero-order valence-corrected chi connectivity index (χ0v) is 25.2. The van der Waals surface area contributed by atoms with Crippen molar-refractivity contribution in [2.45, 2.75) is 98.4 Å². The molecule has 0 radical (unpaired) electrons. The number of nitrogens with zero attached hydrogens (tertiary/aromatic N) is 1. The standard InChI is InChI=1S/C31H44N4O5/c1-19-13-15-22(16-14-19)26(27(37)34-25-20(2)11-10-12-21(25)3)35(30(4,5)6)28(38)23(17-18-24(32)36)33-29(39)40-31(7,8)9/h10-16,23,26H,17-18H2,1-9H3,(H2,32,36)(H,33,39)(H,34,37). The Kier molecular flexibility index (Phi) is 10.5. The molecule has 0 aliphatic rings. The van der Waals surface area contributed by atoms with Crippen LogP contribution in [0.1, 0.15) is 82.7 Å². The normalized spacial score (nSPS) is 13.1. The Morgan fingerprint density at radius 1 is 0.900 bits per heavy atom. The van der Waals surface area contributed by atoms with Crippen LogP contribution >= 0.6 is 0 Å². The minimum Gasteiger partial charge on any atom is -0.444 e. The number of primary amides is 1. The van der Waals surface area contributed by atoms with Crippen molar-refractivity contribution in [3.05, 3.63) is 64.7 Å². The Bertz CT molecular complexity index is 1210. The molecular formula is C31H44N4O5. The number of nitrogens with two attached hydrogens (primary N) is 1. The van der Waals surface area contributed by atoms with Crippen LogP contribution < -0.4 is 16.4 Å². The van der Waals surface area contributed by atoms with Gasteiger partial charge in [-0.25, -0.2) is 4.79 Å². The van der Waals surface area contributed by atoms with Crippen molar-refractivity contribution in [2.75, 3.05) is 5.32 Å². The molecule has 0 bridgehead atoms. The van der Waals surface area contributed by atoms with Gasteiger partial charge in [-0.1, -0.05) is 48.0 Å². The van der Waals surface area contributed by atoms with E-state index in [1.165, 1.54) is 4.90 Å². The van der Waals surface area contributed by atoms with Gasteiger partial charge < -0.3 is 26.0 Å². The monoisotopic (exact) mass is 552 g/mol. The number of rotatable bonds is 9. The second-order valence-corrected chi connectivity index (χ2v) is 12.2. The van der Waals surface area contributed by atoms with Crippen molar-refractivity contribution in [3.63, 3.8) is 0 Å². The molecule has 2 rings (SSSR count). The number of benzene rings is 2. The molecule has 40 heavy (non-hydrogen) atoms. The summed E-state index contributed by atoms with van der Waals surface area (Å²) in [6.45, 7) is 16.3. The van der Waals surface area contributed by atoms with Gasteiger partial charge in [0.2, 0.25) is 11.8 Å². The molecule has 0 spiro atoms. The van der Waals surface area contributed by atoms with Crippen LogP contribution in [0.25, 0.3) is 0 Å². The lowest BCUT2D eigenvalue weighted by Crippen LogP contribution is -2.58. The van der Waals surface area contributed by atoms with Gasteiger partial charge in [0.05, 0.1) is 0 Å². The van der Waals surface area contributed by atoms with Gasteiger partial charge in [0.1, 0.15) is 17.7 Å². The fourth-order valence-corrected chi connectivity index (χ4v) is 4.38. The number of hydrogen-bond donors (Lipinski definition) is 3. The molecule has 2 aromatic rings. The zero-order valence-electron chi connectivity index (χ0n) is 25.2. The third-order valence-electron chi connectivity index (χ3n) is 6.26. The van der Waals surface area contributed by atoms with Crippen LogP contribution in [-0.4, -0.2) is 45.9 Å². The van der Waals surface area contributed by atoms with Crippen molar-refractivity contribution < 1.29 is 23.9 Å². The van der Waals surface area contributed by atoms with Gasteiger partial charge in [-0.2, -0.15) is 0 Å². The molecule has 2 unspecified atom stereocenters. The van der Waals surface area contributed by atoms with E-state index in [0.29, 0.717) is 11.3 Å². The number of para-hydroxylation sites is 1. The third kappa shape index (κ3) is 9.10. The first-order chi connectivity index (χ1) is 18.4. The van der Waals surface area contributed by atoms with Crippen molar-refractivity contribution in [3.8, 4) is 0 Å². The fourth-order valence-electron chi connectivity index (χ4n) is 4.38. The van der Waals surface area contributed by atoms with Crippen LogP contribution in [0.4, 0.5) is 10.5 Å². The summed E-state index contributed by atoms with van der Waals surface area (Å²) in [6, 6.07) is 10.9. The summed E-state index contributed by atoms with van der Waals surface area (Å²) in [7, 11) is 0. The highest BCUT2D eigenvalue weighted by molar-refractivity contribution is 6.00. The molecule has 9 heteroatoms. The Hall–Kier alpha value is -3.88. The second-order valence-electron chi connectivity index (χ2n) is 12.2. The maximum absolute atomic E-state index is 14.3. The first-order valence-electron chi connectivity index (χ1n) is 13.5. The summed E-state index contributed by atoms with van der Waals surface area (Å²) in [5, 5.41) is 5.65. The predicted octanol–water partition coefficient (Wildman–Crippen LogP) is 5.08. The first-order valence-corrected chi connectivity index (χ1v) is 13.5. The predicted molar refractivity (Wildman–Crippen MR) is 157 cm³/mol. The second kappa shape index (κ2) is 13.0. The van der Waals surface area contributed by atoms with Crippen molar-refractivity contribution in [1.29, 1.82) is 0 Å². The molecule has 0 heterocycles. The number of carbonyl (C=O) groups is 4. The molecular weight excluding hydrogens is 508 g/mol. The quantitative estimate of drug-likeness (QED) is 0.399. The molecule has 2 aromatic carbocycles. The Morgan fingerprint density at radius 2 is 1.45 bits per heavy atom. The molecule has 0 saturated carbocycles. The summed E-state index contributed by atoms with van der Waals surface area (Å²) < 4.78 is 5.39. The van der Waals surface area contributed by atoms with Gasteiger partial charge >= 0.3 is 6.09 Å². The summed E-state index contributed by atoms with van der Waals surface area (Å²) in [5.41, 5.74) is 7.75. The lowest BCUT2D eigenvalue weighted by molar-refractivity contribution is -0.147. The number of ether oxygens (including phenoxy) is 1. The average molecular weight is 553 g/mol. The minimum atomic E-state index is -1.16. The molecule has 2 atom stereocenters. The van der Waals surface area contributed by atoms with Gasteiger partial charge in [0.25, 0.3) is 5.91 Å². The fraction of sp³-hybridized carbons (Fsp3) is 0.484. The van der Waals surface area contributed by atoms with E-state index in [1.807, 2.05) is 84.0 Å². The lowest BCUT2D eigenvalue weighted by Gasteiger charge is -2.43. The number of alkyl carbamates (subject to hydrolysis) is 1.